The minimum Gasteiger partial charge on any atom is -0.365 e. The topological polar surface area (TPSA) is 85.9 Å². The molecule has 9 heteroatoms. The minimum absolute atomic E-state index is 0.00415. The highest BCUT2D eigenvalue weighted by Crippen LogP contribution is 2.30. The van der Waals surface area contributed by atoms with Gasteiger partial charge in [-0.05, 0) is 63.1 Å². The Hall–Kier alpha value is -3.23. The molecule has 1 aliphatic heterocycles. The Morgan fingerprint density at radius 3 is 2.73 bits per heavy atom. The zero-order valence-corrected chi connectivity index (χ0v) is 18.6. The zero-order chi connectivity index (χ0) is 22.9. The van der Waals surface area contributed by atoms with Gasteiger partial charge in [0.15, 0.2) is 17.5 Å². The fourth-order valence-corrected chi connectivity index (χ4v) is 4.94. The predicted octanol–water partition coefficient (Wildman–Crippen LogP) is 4.74. The molecule has 1 aromatic carbocycles. The van der Waals surface area contributed by atoms with Crippen molar-refractivity contribution in [3.8, 4) is 11.4 Å². The molecule has 1 aliphatic carbocycles. The van der Waals surface area contributed by atoms with Gasteiger partial charge in [0.2, 0.25) is 0 Å². The molecule has 2 amide bonds. The van der Waals surface area contributed by atoms with Crippen molar-refractivity contribution in [1.29, 1.82) is 0 Å². The van der Waals surface area contributed by atoms with Gasteiger partial charge in [0.05, 0.1) is 11.7 Å². The molecule has 5 rings (SSSR count). The van der Waals surface area contributed by atoms with Crippen LogP contribution in [0, 0.1) is 18.6 Å². The van der Waals surface area contributed by atoms with Crippen LogP contribution < -0.4 is 10.6 Å². The highest BCUT2D eigenvalue weighted by atomic mass is 19.1. The van der Waals surface area contributed by atoms with Crippen LogP contribution in [0.15, 0.2) is 24.5 Å². The van der Waals surface area contributed by atoms with E-state index in [2.05, 4.69) is 25.6 Å². The highest BCUT2D eigenvalue weighted by Gasteiger charge is 2.27. The molecular weight excluding hydrogens is 426 g/mol. The number of nitrogens with one attached hydrogen (secondary N) is 3. The van der Waals surface area contributed by atoms with E-state index < -0.39 is 5.82 Å². The van der Waals surface area contributed by atoms with Crippen LogP contribution in [0.4, 0.5) is 19.4 Å². The first-order valence-electron chi connectivity index (χ1n) is 11.6. The molecule has 2 aliphatic rings. The summed E-state index contributed by atoms with van der Waals surface area (Å²) in [7, 11) is 0. The van der Waals surface area contributed by atoms with Crippen molar-refractivity contribution in [2.75, 3.05) is 18.4 Å². The molecular formula is C24H28F2N6O. The number of H-pyrrole nitrogens is 1. The average molecular weight is 455 g/mol. The van der Waals surface area contributed by atoms with Crippen molar-refractivity contribution < 1.29 is 13.6 Å². The van der Waals surface area contributed by atoms with Crippen molar-refractivity contribution >= 4 is 22.8 Å². The predicted molar refractivity (Wildman–Crippen MR) is 123 cm³/mol. The van der Waals surface area contributed by atoms with Gasteiger partial charge in [-0.25, -0.2) is 23.5 Å². The second kappa shape index (κ2) is 8.96. The maximum Gasteiger partial charge on any atom is 0.317 e. The maximum absolute atomic E-state index is 14.6. The smallest absolute Gasteiger partial charge is 0.317 e. The molecule has 3 heterocycles. The molecule has 174 valence electrons. The molecule has 7 nitrogen and oxygen atoms in total. The number of benzene rings is 1. The maximum atomic E-state index is 14.6. The molecule has 3 aromatic rings. The molecule has 0 unspecified atom stereocenters. The summed E-state index contributed by atoms with van der Waals surface area (Å²) in [6.07, 6.45) is 8.32. The number of likely N-dealkylation sites (tertiary alicyclic amines) is 1. The molecule has 0 bridgehead atoms. The number of hydrogen-bond donors (Lipinski definition) is 3. The van der Waals surface area contributed by atoms with Crippen molar-refractivity contribution in [2.24, 2.45) is 0 Å². The van der Waals surface area contributed by atoms with E-state index in [0.29, 0.717) is 28.7 Å². The Morgan fingerprint density at radius 2 is 1.91 bits per heavy atom. The molecule has 1 saturated carbocycles. The number of carbonyl (C=O) groups excluding carboxylic acids is 1. The molecule has 0 spiro atoms. The summed E-state index contributed by atoms with van der Waals surface area (Å²) < 4.78 is 28.9. The molecule has 1 saturated heterocycles. The first-order valence-corrected chi connectivity index (χ1v) is 11.6. The number of halogens is 2. The Kier molecular flexibility index (Phi) is 5.86. The van der Waals surface area contributed by atoms with E-state index in [1.807, 2.05) is 17.9 Å². The number of aryl methyl sites for hydroxylation is 1. The lowest BCUT2D eigenvalue weighted by atomic mass is 9.91. The summed E-state index contributed by atoms with van der Waals surface area (Å²) in [4.78, 5) is 25.8. The van der Waals surface area contributed by atoms with Crippen molar-refractivity contribution in [3.63, 3.8) is 0 Å². The third-order valence-electron chi connectivity index (χ3n) is 6.61. The summed E-state index contributed by atoms with van der Waals surface area (Å²) in [5, 5.41) is 7.02. The fraction of sp³-hybridized carbons (Fsp3) is 0.458. The van der Waals surface area contributed by atoms with Gasteiger partial charge in [-0.1, -0.05) is 0 Å². The summed E-state index contributed by atoms with van der Waals surface area (Å²) >= 11 is 0. The summed E-state index contributed by atoms with van der Waals surface area (Å²) in [5.74, 6) is -0.436. The molecule has 3 N–H and O–H groups in total. The summed E-state index contributed by atoms with van der Waals surface area (Å²) in [5.41, 5.74) is 1.78. The van der Waals surface area contributed by atoms with E-state index in [-0.39, 0.29) is 29.7 Å². The number of nitrogens with zero attached hydrogens (tertiary/aromatic N) is 3. The standard InChI is InChI=1S/C24H28F2N6O/c1-14-9-17-18(12-27-21(17)19(25)10-14)22-28-13-20(26)23(31-22)29-15-5-4-6-16(11-15)30-24(33)32-7-2-3-8-32/h9-10,12-13,15-16,27H,2-8,11H2,1H3,(H,30,33)(H,28,29,31)/t15-,16-/m1/s1. The zero-order valence-electron chi connectivity index (χ0n) is 18.6. The fourth-order valence-electron chi connectivity index (χ4n) is 4.94. The number of aromatic amines is 1. The number of amides is 2. The van der Waals surface area contributed by atoms with Crippen LogP contribution in [0.25, 0.3) is 22.3 Å². The molecule has 33 heavy (non-hydrogen) atoms. The number of anilines is 1. The molecule has 2 fully saturated rings. The lowest BCUT2D eigenvalue weighted by Crippen LogP contribution is -2.47. The van der Waals surface area contributed by atoms with Crippen LogP contribution in [0.2, 0.25) is 0 Å². The first-order chi connectivity index (χ1) is 16.0. The Balaban J connectivity index is 1.32. The van der Waals surface area contributed by atoms with Gasteiger partial charge >= 0.3 is 6.03 Å². The van der Waals surface area contributed by atoms with Crippen molar-refractivity contribution in [1.82, 2.24) is 25.2 Å². The number of fused-ring (bicyclic) bond motifs is 1. The normalized spacial score (nSPS) is 20.9. The number of hydrogen-bond acceptors (Lipinski definition) is 4. The third-order valence-corrected chi connectivity index (χ3v) is 6.61. The lowest BCUT2D eigenvalue weighted by molar-refractivity contribution is 0.199. The van der Waals surface area contributed by atoms with E-state index in [1.165, 1.54) is 6.07 Å². The Labute approximate surface area is 191 Å². The van der Waals surface area contributed by atoms with Gasteiger partial charge in [0.1, 0.15) is 5.82 Å². The van der Waals surface area contributed by atoms with Gasteiger partial charge in [-0.2, -0.15) is 0 Å². The van der Waals surface area contributed by atoms with E-state index in [1.54, 1.807) is 6.20 Å². The van der Waals surface area contributed by atoms with Gasteiger partial charge in [-0.3, -0.25) is 0 Å². The van der Waals surface area contributed by atoms with Crippen molar-refractivity contribution in [3.05, 3.63) is 41.7 Å². The van der Waals surface area contributed by atoms with Crippen LogP contribution >= 0.6 is 0 Å². The van der Waals surface area contributed by atoms with E-state index in [9.17, 15) is 13.6 Å². The Morgan fingerprint density at radius 1 is 1.12 bits per heavy atom. The third kappa shape index (κ3) is 4.49. The van der Waals surface area contributed by atoms with Gasteiger partial charge < -0.3 is 20.5 Å². The molecule has 0 radical (unpaired) electrons. The minimum atomic E-state index is -0.538. The first kappa shape index (κ1) is 21.6. The second-order valence-corrected chi connectivity index (χ2v) is 9.11. The summed E-state index contributed by atoms with van der Waals surface area (Å²) in [6, 6.07) is 3.36. The monoisotopic (exact) mass is 454 g/mol. The van der Waals surface area contributed by atoms with Crippen LogP contribution in [0.5, 0.6) is 0 Å². The van der Waals surface area contributed by atoms with Gasteiger partial charge in [0.25, 0.3) is 0 Å². The number of urea groups is 1. The average Bonchev–Trinajstić information content (AvgIpc) is 3.46. The molecule has 2 atom stereocenters. The quantitative estimate of drug-likeness (QED) is 0.532. The van der Waals surface area contributed by atoms with Gasteiger partial charge in [-0.15, -0.1) is 0 Å². The number of carbonyl (C=O) groups is 1. The number of aromatic nitrogens is 3. The van der Waals surface area contributed by atoms with Gasteiger partial charge in [0, 0.05) is 42.3 Å². The second-order valence-electron chi connectivity index (χ2n) is 9.11. The van der Waals surface area contributed by atoms with Crippen LogP contribution in [-0.2, 0) is 0 Å². The largest absolute Gasteiger partial charge is 0.365 e. The van der Waals surface area contributed by atoms with Crippen molar-refractivity contribution in [2.45, 2.75) is 57.5 Å². The summed E-state index contributed by atoms with van der Waals surface area (Å²) in [6.45, 7) is 3.44. The van der Waals surface area contributed by atoms with E-state index in [4.69, 9.17) is 0 Å². The Bertz CT molecular complexity index is 1170. The van der Waals surface area contributed by atoms with Crippen LogP contribution in [0.3, 0.4) is 0 Å². The highest BCUT2D eigenvalue weighted by molar-refractivity contribution is 5.94. The number of rotatable bonds is 4. The van der Waals surface area contributed by atoms with Crippen LogP contribution in [-0.4, -0.2) is 51.1 Å². The molecule has 2 aromatic heterocycles. The van der Waals surface area contributed by atoms with E-state index in [0.717, 1.165) is 57.0 Å². The SMILES string of the molecule is Cc1cc(F)c2[nH]cc(-c3ncc(F)c(N[C@@H]4CCC[C@@H](NC(=O)N5CCCC5)C4)n3)c2c1. The van der Waals surface area contributed by atoms with E-state index >= 15 is 0 Å². The lowest BCUT2D eigenvalue weighted by Gasteiger charge is -2.32. The van der Waals surface area contributed by atoms with Crippen LogP contribution in [0.1, 0.15) is 44.1 Å².